The molecule has 0 spiro atoms. The predicted octanol–water partition coefficient (Wildman–Crippen LogP) is 2.40. The van der Waals surface area contributed by atoms with Crippen molar-refractivity contribution in [1.82, 2.24) is 5.32 Å². The molecule has 0 aliphatic heterocycles. The number of aromatic carboxylic acids is 1. The van der Waals surface area contributed by atoms with E-state index in [0.29, 0.717) is 11.6 Å². The number of anilines is 1. The van der Waals surface area contributed by atoms with Crippen LogP contribution in [0.5, 0.6) is 5.75 Å². The van der Waals surface area contributed by atoms with Gasteiger partial charge in [0.25, 0.3) is 0 Å². The van der Waals surface area contributed by atoms with Crippen molar-refractivity contribution in [2.75, 3.05) is 5.32 Å². The lowest BCUT2D eigenvalue weighted by molar-refractivity contribution is 0.0693. The molecule has 2 amide bonds. The SMILES string of the molecule is O=C(Nc1ccc(O)c(C(=O)O)c1)NC1CC2CCC1C2. The Labute approximate surface area is 122 Å². The molecule has 3 unspecified atom stereocenters. The second kappa shape index (κ2) is 5.27. The summed E-state index contributed by atoms with van der Waals surface area (Å²) >= 11 is 0. The fourth-order valence-corrected chi connectivity index (χ4v) is 3.54. The van der Waals surface area contributed by atoms with Crippen molar-refractivity contribution in [3.8, 4) is 5.75 Å². The molecule has 2 saturated carbocycles. The highest BCUT2D eigenvalue weighted by atomic mass is 16.4. The fraction of sp³-hybridized carbons (Fsp3) is 0.467. The number of carbonyl (C=O) groups is 2. The van der Waals surface area contributed by atoms with Crippen molar-refractivity contribution in [3.05, 3.63) is 23.8 Å². The Morgan fingerprint density at radius 1 is 1.19 bits per heavy atom. The van der Waals surface area contributed by atoms with Crippen LogP contribution in [0.1, 0.15) is 36.0 Å². The Kier molecular flexibility index (Phi) is 3.45. The molecule has 4 N–H and O–H groups in total. The molecule has 1 aromatic carbocycles. The standard InChI is InChI=1S/C15H18N2O4/c18-13-4-3-10(7-11(13)14(19)20)16-15(21)17-12-6-8-1-2-9(12)5-8/h3-4,7-9,12,18H,1-2,5-6H2,(H,19,20)(H2,16,17,21). The van der Waals surface area contributed by atoms with E-state index in [4.69, 9.17) is 5.11 Å². The molecule has 6 nitrogen and oxygen atoms in total. The first-order chi connectivity index (χ1) is 10.0. The Bertz CT molecular complexity index is 587. The smallest absolute Gasteiger partial charge is 0.339 e. The zero-order chi connectivity index (χ0) is 15.0. The number of rotatable bonds is 3. The third-order valence-corrected chi connectivity index (χ3v) is 4.54. The van der Waals surface area contributed by atoms with Crippen LogP contribution in [0.3, 0.4) is 0 Å². The summed E-state index contributed by atoms with van der Waals surface area (Å²) in [6, 6.07) is 3.88. The molecular formula is C15H18N2O4. The van der Waals surface area contributed by atoms with E-state index >= 15 is 0 Å². The van der Waals surface area contributed by atoms with Crippen LogP contribution >= 0.6 is 0 Å². The molecule has 0 aromatic heterocycles. The number of amides is 2. The van der Waals surface area contributed by atoms with Crippen molar-refractivity contribution in [2.24, 2.45) is 11.8 Å². The number of phenols is 1. The minimum absolute atomic E-state index is 0.222. The van der Waals surface area contributed by atoms with Crippen LogP contribution in [0.25, 0.3) is 0 Å². The van der Waals surface area contributed by atoms with Crippen molar-refractivity contribution in [1.29, 1.82) is 0 Å². The van der Waals surface area contributed by atoms with Gasteiger partial charge in [-0.3, -0.25) is 0 Å². The van der Waals surface area contributed by atoms with E-state index < -0.39 is 5.97 Å². The summed E-state index contributed by atoms with van der Waals surface area (Å²) in [6.45, 7) is 0. The van der Waals surface area contributed by atoms with Crippen LogP contribution < -0.4 is 10.6 Å². The molecule has 0 radical (unpaired) electrons. The van der Waals surface area contributed by atoms with Crippen molar-refractivity contribution >= 4 is 17.7 Å². The molecule has 1 aromatic rings. The van der Waals surface area contributed by atoms with Gasteiger partial charge in [-0.25, -0.2) is 9.59 Å². The molecular weight excluding hydrogens is 272 g/mol. The number of carboxylic acid groups (broad SMARTS) is 1. The monoisotopic (exact) mass is 290 g/mol. The quantitative estimate of drug-likeness (QED) is 0.642. The number of hydrogen-bond acceptors (Lipinski definition) is 3. The summed E-state index contributed by atoms with van der Waals surface area (Å²) in [7, 11) is 0. The van der Waals surface area contributed by atoms with Gasteiger partial charge in [0.15, 0.2) is 0 Å². The van der Waals surface area contributed by atoms with Crippen LogP contribution in [0.15, 0.2) is 18.2 Å². The summed E-state index contributed by atoms with van der Waals surface area (Å²) in [5, 5.41) is 24.0. The van der Waals surface area contributed by atoms with E-state index in [2.05, 4.69) is 10.6 Å². The van der Waals surface area contributed by atoms with E-state index in [1.54, 1.807) is 0 Å². The lowest BCUT2D eigenvalue weighted by atomic mass is 9.95. The van der Waals surface area contributed by atoms with Gasteiger partial charge in [0, 0.05) is 11.7 Å². The van der Waals surface area contributed by atoms with Gasteiger partial charge in [-0.1, -0.05) is 6.42 Å². The van der Waals surface area contributed by atoms with Crippen LogP contribution in [0, 0.1) is 11.8 Å². The number of benzene rings is 1. The Morgan fingerprint density at radius 2 is 2.00 bits per heavy atom. The summed E-state index contributed by atoms with van der Waals surface area (Å²) in [5.74, 6) is -0.228. The molecule has 0 heterocycles. The molecule has 3 atom stereocenters. The average Bonchev–Trinajstić information content (AvgIpc) is 3.03. The fourth-order valence-electron chi connectivity index (χ4n) is 3.54. The number of fused-ring (bicyclic) bond motifs is 2. The molecule has 3 rings (SSSR count). The molecule has 112 valence electrons. The van der Waals surface area contributed by atoms with Crippen molar-refractivity contribution < 1.29 is 19.8 Å². The first kappa shape index (κ1) is 13.7. The highest BCUT2D eigenvalue weighted by molar-refractivity contribution is 5.95. The Balaban J connectivity index is 1.62. The van der Waals surface area contributed by atoms with E-state index in [0.717, 1.165) is 12.3 Å². The summed E-state index contributed by atoms with van der Waals surface area (Å²) < 4.78 is 0. The van der Waals surface area contributed by atoms with Gasteiger partial charge in [0.2, 0.25) is 0 Å². The zero-order valence-corrected chi connectivity index (χ0v) is 11.5. The molecule has 0 saturated heterocycles. The highest BCUT2D eigenvalue weighted by Gasteiger charge is 2.40. The van der Waals surface area contributed by atoms with Gasteiger partial charge in [0.05, 0.1) is 0 Å². The van der Waals surface area contributed by atoms with Crippen LogP contribution in [0.2, 0.25) is 0 Å². The number of hydrogen-bond donors (Lipinski definition) is 4. The second-order valence-electron chi connectivity index (χ2n) is 5.92. The molecule has 2 aliphatic carbocycles. The normalized spacial score (nSPS) is 26.6. The van der Waals surface area contributed by atoms with Crippen LogP contribution in [-0.4, -0.2) is 28.3 Å². The van der Waals surface area contributed by atoms with Gasteiger partial charge >= 0.3 is 12.0 Å². The van der Waals surface area contributed by atoms with E-state index in [-0.39, 0.29) is 23.4 Å². The molecule has 2 bridgehead atoms. The number of nitrogens with one attached hydrogen (secondary N) is 2. The van der Waals surface area contributed by atoms with E-state index in [9.17, 15) is 14.7 Å². The first-order valence-corrected chi connectivity index (χ1v) is 7.16. The maximum atomic E-state index is 12.0. The largest absolute Gasteiger partial charge is 0.507 e. The minimum atomic E-state index is -1.23. The number of carboxylic acids is 1. The minimum Gasteiger partial charge on any atom is -0.507 e. The number of urea groups is 1. The maximum absolute atomic E-state index is 12.0. The van der Waals surface area contributed by atoms with Crippen molar-refractivity contribution in [3.63, 3.8) is 0 Å². The number of aromatic hydroxyl groups is 1. The molecule has 2 fully saturated rings. The van der Waals surface area contributed by atoms with Gasteiger partial charge in [-0.05, 0) is 49.3 Å². The van der Waals surface area contributed by atoms with Gasteiger partial charge < -0.3 is 20.8 Å². The zero-order valence-electron chi connectivity index (χ0n) is 11.5. The first-order valence-electron chi connectivity index (χ1n) is 7.16. The Hall–Kier alpha value is -2.24. The Morgan fingerprint density at radius 3 is 2.62 bits per heavy atom. The summed E-state index contributed by atoms with van der Waals surface area (Å²) in [5.41, 5.74) is 0.124. The van der Waals surface area contributed by atoms with Gasteiger partial charge in [0.1, 0.15) is 11.3 Å². The molecule has 2 aliphatic rings. The third-order valence-electron chi connectivity index (χ3n) is 4.54. The molecule has 21 heavy (non-hydrogen) atoms. The van der Waals surface area contributed by atoms with Crippen molar-refractivity contribution in [2.45, 2.75) is 31.7 Å². The second-order valence-corrected chi connectivity index (χ2v) is 5.92. The van der Waals surface area contributed by atoms with Gasteiger partial charge in [-0.15, -0.1) is 0 Å². The lowest BCUT2D eigenvalue weighted by Gasteiger charge is -2.23. The van der Waals surface area contributed by atoms with Crippen LogP contribution in [-0.2, 0) is 0 Å². The third kappa shape index (κ3) is 2.79. The van der Waals surface area contributed by atoms with Gasteiger partial charge in [-0.2, -0.15) is 0 Å². The summed E-state index contributed by atoms with van der Waals surface area (Å²) in [4.78, 5) is 22.9. The van der Waals surface area contributed by atoms with E-state index in [1.807, 2.05) is 0 Å². The molecule has 6 heteroatoms. The van der Waals surface area contributed by atoms with E-state index in [1.165, 1.54) is 37.5 Å². The average molecular weight is 290 g/mol. The van der Waals surface area contributed by atoms with Crippen LogP contribution in [0.4, 0.5) is 10.5 Å². The predicted molar refractivity (Wildman–Crippen MR) is 76.5 cm³/mol. The summed E-state index contributed by atoms with van der Waals surface area (Å²) in [6.07, 6.45) is 4.68. The topological polar surface area (TPSA) is 98.7 Å². The lowest BCUT2D eigenvalue weighted by Crippen LogP contribution is -2.41. The highest BCUT2D eigenvalue weighted by Crippen LogP contribution is 2.44. The maximum Gasteiger partial charge on any atom is 0.339 e. The number of carbonyl (C=O) groups excluding carboxylic acids is 1.